The molecule has 14 nitrogen and oxygen atoms in total. The minimum absolute atomic E-state index is 0.00248. The van der Waals surface area contributed by atoms with Gasteiger partial charge in [0.25, 0.3) is 0 Å². The highest BCUT2D eigenvalue weighted by atomic mass is 35.5. The number of aliphatic hydroxyl groups is 1. The zero-order chi connectivity index (χ0) is 47.9. The molecule has 5 N–H and O–H groups in total. The molecule has 9 rings (SSSR count). The minimum Gasteiger partial charge on any atom is -0.507 e. The molecule has 3 amide bonds. The number of aliphatic hydroxyl groups excluding tert-OH is 1. The molecule has 3 fully saturated rings. The first kappa shape index (κ1) is 46.0. The number of pyridine rings is 2. The maximum absolute atomic E-state index is 15.0. The molecular formula is C49H45ClF4N8O6. The van der Waals surface area contributed by atoms with Crippen molar-refractivity contribution >= 4 is 46.5 Å². The number of halogens is 5. The van der Waals surface area contributed by atoms with Gasteiger partial charge >= 0.3 is 12.4 Å². The predicted octanol–water partition coefficient (Wildman–Crippen LogP) is 8.63. The van der Waals surface area contributed by atoms with Gasteiger partial charge in [-0.25, -0.2) is 19.2 Å². The van der Waals surface area contributed by atoms with Crippen LogP contribution in [0, 0.1) is 5.82 Å². The maximum Gasteiger partial charge on any atom is 0.573 e. The fourth-order valence-corrected chi connectivity index (χ4v) is 9.12. The van der Waals surface area contributed by atoms with Crippen molar-refractivity contribution in [2.45, 2.75) is 32.4 Å². The number of carbonyl (C=O) groups is 2. The number of aromatic nitrogens is 2. The van der Waals surface area contributed by atoms with E-state index in [1.54, 1.807) is 65.6 Å². The molecule has 352 valence electrons. The van der Waals surface area contributed by atoms with Gasteiger partial charge in [0.2, 0.25) is 5.91 Å². The van der Waals surface area contributed by atoms with Crippen LogP contribution >= 0.6 is 11.6 Å². The average molecular weight is 953 g/mol. The van der Waals surface area contributed by atoms with Crippen molar-refractivity contribution in [1.82, 2.24) is 20.2 Å². The summed E-state index contributed by atoms with van der Waals surface area (Å²) in [5.41, 5.74) is 3.28. The van der Waals surface area contributed by atoms with E-state index in [0.717, 1.165) is 25.2 Å². The largest absolute Gasteiger partial charge is 0.573 e. The first-order chi connectivity index (χ1) is 32.6. The zero-order valence-electron chi connectivity index (χ0n) is 36.5. The van der Waals surface area contributed by atoms with Crippen LogP contribution in [0.4, 0.5) is 45.4 Å². The number of β-amino-alcohol motifs (C(OH)–C–C–N with tert-alkyl or cyclic N) is 1. The molecule has 3 saturated heterocycles. The summed E-state index contributed by atoms with van der Waals surface area (Å²) in [6.45, 7) is 5.49. The molecule has 2 aromatic heterocycles. The summed E-state index contributed by atoms with van der Waals surface area (Å²) < 4.78 is 60.3. The van der Waals surface area contributed by atoms with Crippen LogP contribution in [-0.2, 0) is 11.3 Å². The van der Waals surface area contributed by atoms with Gasteiger partial charge < -0.3 is 45.4 Å². The van der Waals surface area contributed by atoms with Crippen molar-refractivity contribution in [3.63, 3.8) is 0 Å². The van der Waals surface area contributed by atoms with Crippen LogP contribution in [0.2, 0.25) is 5.02 Å². The number of hydrogen-bond acceptors (Lipinski definition) is 11. The van der Waals surface area contributed by atoms with Gasteiger partial charge in [0.1, 0.15) is 34.7 Å². The van der Waals surface area contributed by atoms with E-state index in [4.69, 9.17) is 16.6 Å². The number of urea groups is 1. The van der Waals surface area contributed by atoms with Gasteiger partial charge in [-0.15, -0.1) is 13.2 Å². The lowest BCUT2D eigenvalue weighted by molar-refractivity contribution is -0.274. The van der Waals surface area contributed by atoms with Crippen LogP contribution in [0.25, 0.3) is 44.5 Å². The molecule has 0 saturated carbocycles. The van der Waals surface area contributed by atoms with Gasteiger partial charge in [-0.2, -0.15) is 0 Å². The van der Waals surface area contributed by atoms with Crippen LogP contribution in [0.15, 0.2) is 97.2 Å². The molecule has 0 bridgehead atoms. The minimum atomic E-state index is -5.02. The number of ether oxygens (including phenoxy) is 1. The molecule has 4 aromatic carbocycles. The quantitative estimate of drug-likeness (QED) is 0.0790. The van der Waals surface area contributed by atoms with Crippen molar-refractivity contribution in [2.24, 2.45) is 0 Å². The van der Waals surface area contributed by atoms with E-state index in [1.807, 2.05) is 9.80 Å². The summed E-state index contributed by atoms with van der Waals surface area (Å²) in [6, 6.07) is 22.5. The molecule has 0 radical (unpaired) electrons. The molecule has 1 atom stereocenters. The van der Waals surface area contributed by atoms with E-state index >= 15 is 4.39 Å². The SMILES string of the molecule is CC(=O)Nc1ccc(-c2cccc(-c3cc(CN4CCN(c5ccc(-c6cc(OC(F)(F)F)cc(-c7ccnc(N8CCNCC8)c7)c6O)cc5Cl)C4=O)nc(N4CC[C@@H](O)C4)c3)c2O)cc1F. The molecule has 6 aromatic rings. The van der Waals surface area contributed by atoms with Gasteiger partial charge in [0.05, 0.1) is 34.7 Å². The summed E-state index contributed by atoms with van der Waals surface area (Å²) >= 11 is 6.87. The first-order valence-electron chi connectivity index (χ1n) is 21.8. The van der Waals surface area contributed by atoms with E-state index < -0.39 is 36.0 Å². The molecule has 0 spiro atoms. The number of amides is 3. The maximum atomic E-state index is 15.0. The Morgan fingerprint density at radius 1 is 0.824 bits per heavy atom. The highest BCUT2D eigenvalue weighted by molar-refractivity contribution is 6.34. The van der Waals surface area contributed by atoms with Crippen molar-refractivity contribution < 1.29 is 47.2 Å². The number of nitrogens with zero attached hydrogens (tertiary/aromatic N) is 6. The summed E-state index contributed by atoms with van der Waals surface area (Å²) in [6.07, 6.45) is -3.53. The molecule has 3 aliphatic rings. The number of hydrogen-bond donors (Lipinski definition) is 5. The number of alkyl halides is 3. The lowest BCUT2D eigenvalue weighted by atomic mass is 9.96. The third kappa shape index (κ3) is 9.79. The number of piperazine rings is 1. The normalized spacial score (nSPS) is 16.5. The fraction of sp³-hybridized carbons (Fsp3) is 0.265. The second-order valence-electron chi connectivity index (χ2n) is 16.7. The standard InChI is InChI=1S/C49H45ClF4N8O6/c1-28(63)57-42-7-5-30(21-41(42)51)36-3-2-4-37(46(36)65)32-19-33(58-45(23-32)60-14-10-34(64)27-60)26-61-17-18-62(48(61)67)43-8-6-29(20-40(43)50)38-24-35(68-49(52,53)54)25-39(47(38)66)31-9-11-56-44(22-31)59-15-12-55-13-16-59/h2-9,11,19-25,34,55,64-66H,10,12-18,26-27H2,1H3,(H,57,63)/t34-/m1/s1. The number of rotatable bonds is 11. The van der Waals surface area contributed by atoms with Crippen molar-refractivity contribution in [3.8, 4) is 61.8 Å². The summed E-state index contributed by atoms with van der Waals surface area (Å²) in [4.78, 5) is 42.0. The van der Waals surface area contributed by atoms with Gasteiger partial charge in [-0.3, -0.25) is 9.69 Å². The second-order valence-corrected chi connectivity index (χ2v) is 17.2. The summed E-state index contributed by atoms with van der Waals surface area (Å²) in [7, 11) is 0. The molecular weight excluding hydrogens is 908 g/mol. The van der Waals surface area contributed by atoms with Gasteiger partial charge in [-0.1, -0.05) is 41.9 Å². The number of carbonyl (C=O) groups excluding carboxylic acids is 2. The van der Waals surface area contributed by atoms with Crippen LogP contribution in [0.5, 0.6) is 17.2 Å². The van der Waals surface area contributed by atoms with Gasteiger partial charge in [-0.05, 0) is 89.3 Å². The lowest BCUT2D eigenvalue weighted by Crippen LogP contribution is -2.43. The van der Waals surface area contributed by atoms with Gasteiger partial charge in [0.15, 0.2) is 0 Å². The molecule has 0 aliphatic carbocycles. The number of benzene rings is 4. The molecule has 19 heteroatoms. The van der Waals surface area contributed by atoms with Gasteiger partial charge in [0, 0.05) is 87.7 Å². The third-order valence-corrected chi connectivity index (χ3v) is 12.4. The van der Waals surface area contributed by atoms with Crippen LogP contribution < -0.4 is 30.1 Å². The highest BCUT2D eigenvalue weighted by Gasteiger charge is 2.34. The average Bonchev–Trinajstić information content (AvgIpc) is 3.91. The number of para-hydroxylation sites is 1. The second kappa shape index (κ2) is 18.9. The van der Waals surface area contributed by atoms with E-state index in [1.165, 1.54) is 36.2 Å². The highest BCUT2D eigenvalue weighted by Crippen LogP contribution is 2.45. The zero-order valence-corrected chi connectivity index (χ0v) is 37.3. The predicted molar refractivity (Wildman–Crippen MR) is 251 cm³/mol. The number of phenolic OH excluding ortho intramolecular Hbond substituents is 2. The monoisotopic (exact) mass is 952 g/mol. The van der Waals surface area contributed by atoms with Crippen molar-refractivity contribution in [1.29, 1.82) is 0 Å². The Kier molecular flexibility index (Phi) is 12.7. The smallest absolute Gasteiger partial charge is 0.507 e. The Morgan fingerprint density at radius 2 is 1.50 bits per heavy atom. The number of nitrogens with one attached hydrogen (secondary N) is 2. The Balaban J connectivity index is 0.991. The van der Waals surface area contributed by atoms with Crippen LogP contribution in [-0.4, -0.2) is 107 Å². The Bertz CT molecular complexity index is 2920. The molecule has 3 aliphatic heterocycles. The molecule has 5 heterocycles. The lowest BCUT2D eigenvalue weighted by Gasteiger charge is -2.28. The van der Waals surface area contributed by atoms with Crippen LogP contribution in [0.3, 0.4) is 0 Å². The number of anilines is 4. The van der Waals surface area contributed by atoms with E-state index in [9.17, 15) is 38.1 Å². The summed E-state index contributed by atoms with van der Waals surface area (Å²) in [5, 5.41) is 39.5. The third-order valence-electron chi connectivity index (χ3n) is 12.1. The van der Waals surface area contributed by atoms with E-state index in [0.29, 0.717) is 83.4 Å². The number of phenols is 2. The molecule has 68 heavy (non-hydrogen) atoms. The Labute approximate surface area is 393 Å². The Morgan fingerprint density at radius 3 is 2.18 bits per heavy atom. The van der Waals surface area contributed by atoms with Crippen LogP contribution in [0.1, 0.15) is 19.0 Å². The van der Waals surface area contributed by atoms with Crippen molar-refractivity contribution in [3.05, 3.63) is 114 Å². The Hall–Kier alpha value is -7.15. The van der Waals surface area contributed by atoms with Crippen molar-refractivity contribution in [2.75, 3.05) is 72.4 Å². The fourth-order valence-electron chi connectivity index (χ4n) is 8.84. The number of aromatic hydroxyl groups is 2. The van der Waals surface area contributed by atoms with E-state index in [2.05, 4.69) is 20.4 Å². The molecule has 0 unspecified atom stereocenters. The first-order valence-corrected chi connectivity index (χ1v) is 22.2. The van der Waals surface area contributed by atoms with E-state index in [-0.39, 0.29) is 58.5 Å². The topological polar surface area (TPSA) is 167 Å². The summed E-state index contributed by atoms with van der Waals surface area (Å²) in [5.74, 6) is -0.981.